The Morgan fingerprint density at radius 3 is 2.50 bits per heavy atom. The fourth-order valence-corrected chi connectivity index (χ4v) is 5.81. The SMILES string of the molecule is COc1ccc(OC)c(CCNC(=O)[C@]2(C/C=C/c3ccccc3)N=C(c3ccc(OCCCO)cc3)O[C@@H]2c2ccccc2CN=[N+]=[N-])c1. The number of aliphatic hydroxyl groups excluding tert-OH is 1. The van der Waals surface area contributed by atoms with Gasteiger partial charge in [-0.3, -0.25) is 4.79 Å². The first-order chi connectivity index (χ1) is 24.5. The van der Waals surface area contributed by atoms with Gasteiger partial charge in [-0.2, -0.15) is 0 Å². The first-order valence-electron chi connectivity index (χ1n) is 16.4. The summed E-state index contributed by atoms with van der Waals surface area (Å²) >= 11 is 0. The average Bonchev–Trinajstić information content (AvgIpc) is 3.55. The van der Waals surface area contributed by atoms with Gasteiger partial charge in [-0.25, -0.2) is 4.99 Å². The van der Waals surface area contributed by atoms with Crippen LogP contribution in [0.5, 0.6) is 17.2 Å². The number of methoxy groups -OCH3 is 2. The molecule has 0 unspecified atom stereocenters. The molecule has 0 saturated carbocycles. The molecule has 0 bridgehead atoms. The second kappa shape index (κ2) is 17.6. The van der Waals surface area contributed by atoms with Crippen LogP contribution in [0.25, 0.3) is 16.5 Å². The van der Waals surface area contributed by atoms with Crippen LogP contribution in [0.15, 0.2) is 113 Å². The van der Waals surface area contributed by atoms with E-state index in [4.69, 9.17) is 34.6 Å². The number of carbonyl (C=O) groups excluding carboxylic acids is 1. The number of carbonyl (C=O) groups is 1. The summed E-state index contributed by atoms with van der Waals surface area (Å²) < 4.78 is 23.4. The third kappa shape index (κ3) is 8.63. The van der Waals surface area contributed by atoms with Crippen molar-refractivity contribution in [3.63, 3.8) is 0 Å². The molecular formula is C39H41N5O6. The van der Waals surface area contributed by atoms with Gasteiger partial charge >= 0.3 is 0 Å². The van der Waals surface area contributed by atoms with E-state index in [-0.39, 0.29) is 25.5 Å². The Morgan fingerprint density at radius 1 is 1.00 bits per heavy atom. The molecule has 1 amide bonds. The van der Waals surface area contributed by atoms with Gasteiger partial charge in [0.2, 0.25) is 5.90 Å². The molecule has 0 aliphatic carbocycles. The maximum atomic E-state index is 14.7. The molecule has 0 spiro atoms. The van der Waals surface area contributed by atoms with Crippen LogP contribution >= 0.6 is 0 Å². The van der Waals surface area contributed by atoms with Crippen LogP contribution in [0, 0.1) is 0 Å². The van der Waals surface area contributed by atoms with E-state index >= 15 is 0 Å². The van der Waals surface area contributed by atoms with E-state index in [1.165, 1.54) is 0 Å². The molecule has 2 atom stereocenters. The van der Waals surface area contributed by atoms with Crippen molar-refractivity contribution in [3.8, 4) is 17.2 Å². The van der Waals surface area contributed by atoms with E-state index in [2.05, 4.69) is 15.3 Å². The summed E-state index contributed by atoms with van der Waals surface area (Å²) in [4.78, 5) is 22.7. The lowest BCUT2D eigenvalue weighted by molar-refractivity contribution is -0.128. The summed E-state index contributed by atoms with van der Waals surface area (Å²) in [6.07, 6.45) is 4.27. The number of hydrogen-bond donors (Lipinski definition) is 2. The summed E-state index contributed by atoms with van der Waals surface area (Å²) in [6.45, 7) is 0.802. The molecule has 0 radical (unpaired) electrons. The number of aliphatic hydroxyl groups is 1. The summed E-state index contributed by atoms with van der Waals surface area (Å²) in [6, 6.07) is 30.1. The van der Waals surface area contributed by atoms with E-state index in [1.807, 2.05) is 97.1 Å². The zero-order valence-electron chi connectivity index (χ0n) is 28.2. The molecule has 0 fully saturated rings. The number of hydrogen-bond acceptors (Lipinski definition) is 8. The largest absolute Gasteiger partial charge is 0.497 e. The highest BCUT2D eigenvalue weighted by molar-refractivity contribution is 6.01. The van der Waals surface area contributed by atoms with Gasteiger partial charge in [0.15, 0.2) is 11.6 Å². The lowest BCUT2D eigenvalue weighted by Gasteiger charge is -2.31. The molecule has 1 aliphatic rings. The fraction of sp³-hybridized carbons (Fsp3) is 0.282. The predicted molar refractivity (Wildman–Crippen MR) is 192 cm³/mol. The first kappa shape index (κ1) is 35.5. The second-order valence-corrected chi connectivity index (χ2v) is 11.6. The molecular weight excluding hydrogens is 634 g/mol. The normalized spacial score (nSPS) is 16.6. The van der Waals surface area contributed by atoms with Crippen LogP contribution in [-0.2, 0) is 22.5 Å². The van der Waals surface area contributed by atoms with Crippen LogP contribution in [0.4, 0.5) is 0 Å². The highest BCUT2D eigenvalue weighted by atomic mass is 16.5. The van der Waals surface area contributed by atoms with Gasteiger partial charge in [0.25, 0.3) is 5.91 Å². The minimum atomic E-state index is -1.43. The minimum absolute atomic E-state index is 0.0429. The molecule has 4 aromatic rings. The van der Waals surface area contributed by atoms with Crippen molar-refractivity contribution in [2.24, 2.45) is 10.1 Å². The van der Waals surface area contributed by atoms with Gasteiger partial charge in [-0.1, -0.05) is 71.9 Å². The summed E-state index contributed by atoms with van der Waals surface area (Å²) in [5.41, 5.74) is 11.7. The predicted octanol–water partition coefficient (Wildman–Crippen LogP) is 6.99. The molecule has 50 heavy (non-hydrogen) atoms. The lowest BCUT2D eigenvalue weighted by Crippen LogP contribution is -2.48. The molecule has 5 rings (SSSR count). The highest BCUT2D eigenvalue weighted by Gasteiger charge is 2.53. The third-order valence-electron chi connectivity index (χ3n) is 8.38. The zero-order chi connectivity index (χ0) is 35.2. The van der Waals surface area contributed by atoms with Gasteiger partial charge in [0, 0.05) is 36.5 Å². The number of azide groups is 1. The van der Waals surface area contributed by atoms with Crippen LogP contribution in [0.2, 0.25) is 0 Å². The quantitative estimate of drug-likeness (QED) is 0.0533. The topological polar surface area (TPSA) is 147 Å². The number of benzene rings is 4. The molecule has 258 valence electrons. The van der Waals surface area contributed by atoms with Crippen molar-refractivity contribution in [1.29, 1.82) is 0 Å². The second-order valence-electron chi connectivity index (χ2n) is 11.6. The van der Waals surface area contributed by atoms with Crippen molar-refractivity contribution in [1.82, 2.24) is 5.32 Å². The first-order valence-corrected chi connectivity index (χ1v) is 16.4. The van der Waals surface area contributed by atoms with E-state index in [0.717, 1.165) is 16.7 Å². The maximum absolute atomic E-state index is 14.7. The Bertz CT molecular complexity index is 1840. The number of nitrogens with zero attached hydrogens (tertiary/aromatic N) is 4. The van der Waals surface area contributed by atoms with Crippen molar-refractivity contribution < 1.29 is 28.8 Å². The standard InChI is InChI=1S/C39H41N5O6/c1-47-33-19-20-35(48-2)30(26-33)21-23-41-38(46)39(22-8-12-28-10-4-3-5-11-28)36(34-14-7-6-13-31(34)27-42-44-40)50-37(43-39)29-15-17-32(18-16-29)49-25-9-24-45/h3-8,10-20,26,36,45H,9,21-25,27H2,1-2H3,(H,41,46)/b12-8+/t36-,39-/m1/s1. The van der Waals surface area contributed by atoms with Gasteiger partial charge in [-0.15, -0.1) is 0 Å². The van der Waals surface area contributed by atoms with E-state index in [1.54, 1.807) is 26.4 Å². The highest BCUT2D eigenvalue weighted by Crippen LogP contribution is 2.44. The Hall–Kier alpha value is -5.77. The van der Waals surface area contributed by atoms with Crippen molar-refractivity contribution in [2.45, 2.75) is 37.5 Å². The summed E-state index contributed by atoms with van der Waals surface area (Å²) in [7, 11) is 3.21. The smallest absolute Gasteiger partial charge is 0.252 e. The van der Waals surface area contributed by atoms with Gasteiger partial charge in [-0.05, 0) is 76.7 Å². The Kier molecular flexibility index (Phi) is 12.5. The van der Waals surface area contributed by atoms with E-state index in [9.17, 15) is 4.79 Å². The van der Waals surface area contributed by atoms with Crippen molar-refractivity contribution in [3.05, 3.63) is 141 Å². The monoisotopic (exact) mass is 675 g/mol. The Labute approximate surface area is 291 Å². The minimum Gasteiger partial charge on any atom is -0.497 e. The average molecular weight is 676 g/mol. The molecule has 1 heterocycles. The molecule has 0 aromatic heterocycles. The van der Waals surface area contributed by atoms with Crippen LogP contribution in [-0.4, -0.2) is 56.4 Å². The Morgan fingerprint density at radius 2 is 1.76 bits per heavy atom. The van der Waals surface area contributed by atoms with Crippen molar-refractivity contribution in [2.75, 3.05) is 34.0 Å². The van der Waals surface area contributed by atoms with Crippen LogP contribution in [0.1, 0.15) is 46.8 Å². The van der Waals surface area contributed by atoms with Crippen LogP contribution in [0.3, 0.4) is 0 Å². The number of amides is 1. The summed E-state index contributed by atoms with van der Waals surface area (Å²) in [5, 5.41) is 16.1. The van der Waals surface area contributed by atoms with Gasteiger partial charge in [0.05, 0.1) is 27.4 Å². The van der Waals surface area contributed by atoms with Crippen molar-refractivity contribution >= 4 is 17.9 Å². The number of nitrogens with one attached hydrogen (secondary N) is 1. The number of rotatable bonds is 17. The molecule has 11 heteroatoms. The fourth-order valence-electron chi connectivity index (χ4n) is 5.81. The lowest BCUT2D eigenvalue weighted by atomic mass is 9.82. The molecule has 11 nitrogen and oxygen atoms in total. The maximum Gasteiger partial charge on any atom is 0.252 e. The zero-order valence-corrected chi connectivity index (χ0v) is 28.2. The van der Waals surface area contributed by atoms with Gasteiger partial charge < -0.3 is 29.4 Å². The summed E-state index contributed by atoms with van der Waals surface area (Å²) in [5.74, 6) is 2.00. The van der Waals surface area contributed by atoms with Gasteiger partial charge in [0.1, 0.15) is 17.2 Å². The number of aliphatic imine (C=N–C) groups is 1. The van der Waals surface area contributed by atoms with E-state index in [0.29, 0.717) is 60.3 Å². The molecule has 4 aromatic carbocycles. The number of ether oxygens (including phenoxy) is 4. The van der Waals surface area contributed by atoms with E-state index < -0.39 is 11.6 Å². The Balaban J connectivity index is 1.54. The molecule has 1 aliphatic heterocycles. The third-order valence-corrected chi connectivity index (χ3v) is 8.38. The molecule has 0 saturated heterocycles. The van der Waals surface area contributed by atoms with Crippen LogP contribution < -0.4 is 19.5 Å². The molecule has 2 N–H and O–H groups in total.